The number of hydrogen-bond donors (Lipinski definition) is 2. The molecule has 0 unspecified atom stereocenters. The van der Waals surface area contributed by atoms with Crippen LogP contribution >= 0.6 is 0 Å². The quantitative estimate of drug-likeness (QED) is 0.381. The lowest BCUT2D eigenvalue weighted by Gasteiger charge is -2.31. The average molecular weight is 522 g/mol. The number of hydrogen-bond acceptors (Lipinski definition) is 6. The zero-order valence-electron chi connectivity index (χ0n) is 21.4. The molecule has 8 nitrogen and oxygen atoms in total. The predicted octanol–water partition coefficient (Wildman–Crippen LogP) is 4.88. The molecule has 0 bridgehead atoms. The van der Waals surface area contributed by atoms with Gasteiger partial charge in [-0.2, -0.15) is 18.3 Å². The number of halogens is 3. The molecule has 2 aliphatic rings. The van der Waals surface area contributed by atoms with Crippen LogP contribution in [0.2, 0.25) is 0 Å². The summed E-state index contributed by atoms with van der Waals surface area (Å²) in [6, 6.07) is 4.90. The lowest BCUT2D eigenvalue weighted by Crippen LogP contribution is -2.31. The van der Waals surface area contributed by atoms with Crippen LogP contribution in [0.3, 0.4) is 0 Å². The zero-order valence-corrected chi connectivity index (χ0v) is 21.4. The van der Waals surface area contributed by atoms with Crippen molar-refractivity contribution >= 4 is 17.8 Å². The van der Waals surface area contributed by atoms with Crippen LogP contribution in [0, 0.1) is 5.41 Å². The Balaban J connectivity index is 1.59. The van der Waals surface area contributed by atoms with Gasteiger partial charge < -0.3 is 20.6 Å². The number of amides is 1. The number of nitrogens with zero attached hydrogens (tertiary/aromatic N) is 3. The normalized spacial score (nSPS) is 21.6. The number of carbonyl (C=O) groups is 1. The van der Waals surface area contributed by atoms with E-state index in [1.165, 1.54) is 11.8 Å². The summed E-state index contributed by atoms with van der Waals surface area (Å²) in [7, 11) is 1.47. The number of alkyl halides is 3. The zero-order chi connectivity index (χ0) is 26.8. The molecule has 0 atom stereocenters. The van der Waals surface area contributed by atoms with Gasteiger partial charge in [-0.15, -0.1) is 0 Å². The molecular weight excluding hydrogens is 487 g/mol. The maximum atomic E-state index is 13.8. The number of benzene rings is 1. The molecule has 0 aliphatic heterocycles. The summed E-state index contributed by atoms with van der Waals surface area (Å²) < 4.78 is 48.7. The number of ether oxygens (including phenoxy) is 1. The van der Waals surface area contributed by atoms with E-state index in [1.54, 1.807) is 24.4 Å². The van der Waals surface area contributed by atoms with Crippen molar-refractivity contribution in [1.82, 2.24) is 9.78 Å². The highest BCUT2D eigenvalue weighted by atomic mass is 19.4. The minimum absolute atomic E-state index is 0.0667. The summed E-state index contributed by atoms with van der Waals surface area (Å²) >= 11 is 0. The minimum Gasteiger partial charge on any atom is -0.399 e. The summed E-state index contributed by atoms with van der Waals surface area (Å²) in [6.45, 7) is 4.47. The van der Waals surface area contributed by atoms with Crippen LogP contribution < -0.4 is 11.1 Å². The molecule has 2 aromatic rings. The third kappa shape index (κ3) is 6.26. The van der Waals surface area contributed by atoms with E-state index in [0.29, 0.717) is 42.9 Å². The highest BCUT2D eigenvalue weighted by Crippen LogP contribution is 2.42. The number of carbonyl (C=O) groups excluding carboxylic acids is 1. The van der Waals surface area contributed by atoms with E-state index in [4.69, 9.17) is 10.5 Å². The first-order chi connectivity index (χ1) is 17.5. The van der Waals surface area contributed by atoms with E-state index in [2.05, 4.69) is 20.4 Å². The second kappa shape index (κ2) is 10.7. The van der Waals surface area contributed by atoms with Crippen molar-refractivity contribution in [2.24, 2.45) is 16.3 Å². The maximum absolute atomic E-state index is 13.8. The summed E-state index contributed by atoms with van der Waals surface area (Å²) in [5.41, 5.74) is 6.72. The lowest BCUT2D eigenvalue weighted by atomic mass is 9.76. The second-order valence-corrected chi connectivity index (χ2v) is 10.5. The van der Waals surface area contributed by atoms with Crippen LogP contribution in [0.5, 0.6) is 0 Å². The van der Waals surface area contributed by atoms with E-state index in [0.717, 1.165) is 25.7 Å². The average Bonchev–Trinajstić information content (AvgIpc) is 3.21. The highest BCUT2D eigenvalue weighted by molar-refractivity contribution is 5.99. The van der Waals surface area contributed by atoms with E-state index in [1.807, 2.05) is 13.8 Å². The molecule has 1 aromatic heterocycles. The maximum Gasteiger partial charge on any atom is 0.435 e. The Bertz CT molecular complexity index is 1150. The summed E-state index contributed by atoms with van der Waals surface area (Å²) in [5.74, 6) is -0.608. The Hall–Kier alpha value is -3.08. The number of rotatable bonds is 8. The SMILES string of the molecule is CON=CCOC1CCC(Nc2cc(-n3nc(C(F)(F)F)c4c3CC(C)(C)CC4)ccc2C(N)=O)CC1. The predicted molar refractivity (Wildman–Crippen MR) is 134 cm³/mol. The molecule has 2 aliphatic carbocycles. The molecule has 11 heteroatoms. The molecule has 202 valence electrons. The molecular formula is C26H34F3N5O3. The van der Waals surface area contributed by atoms with Gasteiger partial charge in [0.15, 0.2) is 5.69 Å². The molecule has 1 heterocycles. The largest absolute Gasteiger partial charge is 0.435 e. The van der Waals surface area contributed by atoms with E-state index in [9.17, 15) is 18.0 Å². The first-order valence-electron chi connectivity index (χ1n) is 12.5. The smallest absolute Gasteiger partial charge is 0.399 e. The molecule has 4 rings (SSSR count). The molecule has 1 saturated carbocycles. The topological polar surface area (TPSA) is 104 Å². The lowest BCUT2D eigenvalue weighted by molar-refractivity contribution is -0.142. The molecule has 1 amide bonds. The molecule has 0 spiro atoms. The molecule has 37 heavy (non-hydrogen) atoms. The van der Waals surface area contributed by atoms with Gasteiger partial charge >= 0.3 is 6.18 Å². The van der Waals surface area contributed by atoms with Crippen LogP contribution in [0.4, 0.5) is 18.9 Å². The van der Waals surface area contributed by atoms with Crippen LogP contribution in [0.15, 0.2) is 23.4 Å². The number of anilines is 1. The van der Waals surface area contributed by atoms with Gasteiger partial charge in [0, 0.05) is 23.0 Å². The van der Waals surface area contributed by atoms with Crippen molar-refractivity contribution in [3.05, 3.63) is 40.7 Å². The van der Waals surface area contributed by atoms with E-state index >= 15 is 0 Å². The third-order valence-corrected chi connectivity index (χ3v) is 7.19. The number of fused-ring (bicyclic) bond motifs is 1. The molecule has 0 radical (unpaired) electrons. The van der Waals surface area contributed by atoms with Crippen molar-refractivity contribution in [3.8, 4) is 5.69 Å². The van der Waals surface area contributed by atoms with Gasteiger partial charge in [-0.25, -0.2) is 4.68 Å². The molecule has 0 saturated heterocycles. The van der Waals surface area contributed by atoms with Crippen molar-refractivity contribution in [3.63, 3.8) is 0 Å². The van der Waals surface area contributed by atoms with Crippen molar-refractivity contribution in [2.45, 2.75) is 77.1 Å². The van der Waals surface area contributed by atoms with Crippen molar-refractivity contribution in [1.29, 1.82) is 0 Å². The Morgan fingerprint density at radius 2 is 2.03 bits per heavy atom. The Morgan fingerprint density at radius 1 is 1.30 bits per heavy atom. The van der Waals surface area contributed by atoms with Crippen molar-refractivity contribution in [2.75, 3.05) is 19.0 Å². The number of nitrogens with two attached hydrogens (primary N) is 1. The fourth-order valence-corrected chi connectivity index (χ4v) is 5.25. The van der Waals surface area contributed by atoms with Gasteiger partial charge in [-0.1, -0.05) is 19.0 Å². The fourth-order valence-electron chi connectivity index (χ4n) is 5.25. The number of aromatic nitrogens is 2. The summed E-state index contributed by atoms with van der Waals surface area (Å²) in [6.07, 6.45) is 1.83. The van der Waals surface area contributed by atoms with Gasteiger partial charge in [0.2, 0.25) is 0 Å². The van der Waals surface area contributed by atoms with Gasteiger partial charge in [-0.05, 0) is 68.6 Å². The Kier molecular flexibility index (Phi) is 7.82. The first kappa shape index (κ1) is 27.0. The number of oxime groups is 1. The van der Waals surface area contributed by atoms with Crippen molar-refractivity contribution < 1.29 is 27.5 Å². The van der Waals surface area contributed by atoms with Gasteiger partial charge in [0.1, 0.15) is 7.11 Å². The van der Waals surface area contributed by atoms with E-state index < -0.39 is 17.8 Å². The van der Waals surface area contributed by atoms with Crippen LogP contribution in [-0.2, 0) is 28.6 Å². The second-order valence-electron chi connectivity index (χ2n) is 10.5. The third-order valence-electron chi connectivity index (χ3n) is 7.19. The molecule has 1 fully saturated rings. The highest BCUT2D eigenvalue weighted by Gasteiger charge is 2.42. The van der Waals surface area contributed by atoms with Gasteiger partial charge in [0.25, 0.3) is 5.91 Å². The van der Waals surface area contributed by atoms with Gasteiger partial charge in [0.05, 0.1) is 30.2 Å². The van der Waals surface area contributed by atoms with E-state index in [-0.39, 0.29) is 28.7 Å². The Labute approximate surface area is 214 Å². The summed E-state index contributed by atoms with van der Waals surface area (Å²) in [4.78, 5) is 16.8. The molecule has 3 N–H and O–H groups in total. The summed E-state index contributed by atoms with van der Waals surface area (Å²) in [5, 5.41) is 11.1. The molecule has 1 aromatic carbocycles. The fraction of sp³-hybridized carbons (Fsp3) is 0.577. The van der Waals surface area contributed by atoms with Crippen LogP contribution in [0.25, 0.3) is 5.69 Å². The van der Waals surface area contributed by atoms with Gasteiger partial charge in [-0.3, -0.25) is 4.79 Å². The number of primary amides is 1. The first-order valence-corrected chi connectivity index (χ1v) is 12.5. The Morgan fingerprint density at radius 3 is 2.68 bits per heavy atom. The van der Waals surface area contributed by atoms with Crippen LogP contribution in [0.1, 0.15) is 73.3 Å². The monoisotopic (exact) mass is 521 g/mol. The number of nitrogens with one attached hydrogen (secondary N) is 1. The minimum atomic E-state index is -4.54. The standard InChI is InChI=1S/C26H34F3N5O3/c1-25(2)11-10-20-22(15-25)34(33-23(20)26(27,28)29)17-6-9-19(24(30)35)21(14-17)32-16-4-7-18(8-5-16)37-13-12-31-36-3/h6,9,12,14,16,18,32H,4-5,7-8,10-11,13,15H2,1-3H3,(H2,30,35). The van der Waals surface area contributed by atoms with Crippen LogP contribution in [-0.4, -0.2) is 47.8 Å².